The van der Waals surface area contributed by atoms with E-state index in [9.17, 15) is 28.8 Å². The molecule has 0 bridgehead atoms. The van der Waals surface area contributed by atoms with Crippen molar-refractivity contribution < 1.29 is 28.8 Å². The van der Waals surface area contributed by atoms with Crippen molar-refractivity contribution in [2.45, 2.75) is 127 Å². The molecule has 3 fully saturated rings. The molecule has 9 nitrogen and oxygen atoms in total. The Morgan fingerprint density at radius 2 is 0.671 bits per heavy atom. The Bertz CT molecular complexity index is 2700. The second-order valence-corrected chi connectivity index (χ2v) is 18.0. The van der Waals surface area contributed by atoms with E-state index in [1.165, 1.54) is 0 Å². The van der Waals surface area contributed by atoms with Crippen molar-refractivity contribution in [3.8, 4) is 0 Å². The van der Waals surface area contributed by atoms with Gasteiger partial charge in [0.25, 0.3) is 0 Å². The lowest BCUT2D eigenvalue weighted by Gasteiger charge is -2.15. The first-order chi connectivity index (χ1) is 34.8. The smallest absolute Gasteiger partial charge is 0.174 e. The van der Waals surface area contributed by atoms with Gasteiger partial charge in [0.1, 0.15) is 17.8 Å². The minimum Gasteiger partial charge on any atom is -0.298 e. The summed E-state index contributed by atoms with van der Waals surface area (Å²) in [6.07, 6.45) is 12.8. The van der Waals surface area contributed by atoms with Crippen molar-refractivity contribution in [2.75, 3.05) is 0 Å². The summed E-state index contributed by atoms with van der Waals surface area (Å²) in [4.78, 5) is 84.6. The van der Waals surface area contributed by atoms with Crippen LogP contribution in [0.1, 0.15) is 137 Å². The molecule has 0 radical (unpaired) electrons. The van der Waals surface area contributed by atoms with E-state index >= 15 is 0 Å². The predicted octanol–water partition coefficient (Wildman–Crippen LogP) is 13.5. The number of pyridine rings is 3. The zero-order valence-corrected chi connectivity index (χ0v) is 45.2. The summed E-state index contributed by atoms with van der Waals surface area (Å²) >= 11 is 0. The first kappa shape index (κ1) is 59.7. The number of aryl methyl sites for hydroxylation is 9. The third kappa shape index (κ3) is 16.2. The molecule has 3 saturated carbocycles. The number of carbonyl (C=O) groups excluding carboxylic acids is 6. The highest BCUT2D eigenvalue weighted by Gasteiger charge is 2.41. The number of aromatic nitrogens is 3. The fraction of sp³-hybridized carbons (Fsp3) is 0.297. The largest absolute Gasteiger partial charge is 0.298 e. The highest BCUT2D eigenvalue weighted by Crippen LogP contribution is 2.38. The van der Waals surface area contributed by atoms with Gasteiger partial charge in [0.15, 0.2) is 34.7 Å². The van der Waals surface area contributed by atoms with Gasteiger partial charge in [0.05, 0.1) is 0 Å². The maximum absolute atomic E-state index is 12.8. The van der Waals surface area contributed by atoms with Crippen LogP contribution < -0.4 is 0 Å². The molecular weight excluding hydrogens is 907 g/mol. The molecule has 0 saturated heterocycles. The average Bonchev–Trinajstić information content (AvgIpc) is 3.89. The summed E-state index contributed by atoms with van der Waals surface area (Å²) in [5.41, 5.74) is 14.6. The second kappa shape index (κ2) is 29.0. The summed E-state index contributed by atoms with van der Waals surface area (Å²) < 4.78 is 0. The molecule has 9 rings (SSSR count). The second-order valence-electron chi connectivity index (χ2n) is 18.0. The maximum atomic E-state index is 12.8. The van der Waals surface area contributed by atoms with Gasteiger partial charge >= 0.3 is 0 Å². The minimum absolute atomic E-state index is 0.00893. The van der Waals surface area contributed by atoms with Gasteiger partial charge in [-0.1, -0.05) is 106 Å². The molecule has 0 spiro atoms. The third-order valence-corrected chi connectivity index (χ3v) is 12.2. The van der Waals surface area contributed by atoms with Crippen molar-refractivity contribution in [1.29, 1.82) is 0 Å². The van der Waals surface area contributed by atoms with Crippen LogP contribution in [0.5, 0.6) is 0 Å². The van der Waals surface area contributed by atoms with Crippen LogP contribution in [-0.2, 0) is 28.8 Å². The number of nitrogens with zero attached hydrogens (tertiary/aromatic N) is 3. The van der Waals surface area contributed by atoms with Crippen LogP contribution in [0.3, 0.4) is 0 Å². The number of hydrogen-bond donors (Lipinski definition) is 0. The van der Waals surface area contributed by atoms with Crippen molar-refractivity contribution in [2.24, 2.45) is 0 Å². The minimum atomic E-state index is -0.649. The van der Waals surface area contributed by atoms with E-state index in [1.54, 1.807) is 43.3 Å². The van der Waals surface area contributed by atoms with Crippen molar-refractivity contribution in [1.82, 2.24) is 15.0 Å². The van der Waals surface area contributed by atoms with Gasteiger partial charge in [-0.2, -0.15) is 0 Å². The normalized spacial score (nSPS) is 17.1. The van der Waals surface area contributed by atoms with Gasteiger partial charge < -0.3 is 0 Å². The lowest BCUT2D eigenvalue weighted by atomic mass is 9.87. The molecule has 380 valence electrons. The number of carbonyl (C=O) groups is 6. The van der Waals surface area contributed by atoms with Crippen LogP contribution in [0.2, 0.25) is 0 Å². The maximum Gasteiger partial charge on any atom is 0.174 e. The van der Waals surface area contributed by atoms with E-state index in [0.717, 1.165) is 72.3 Å². The van der Waals surface area contributed by atoms with Crippen LogP contribution in [0.15, 0.2) is 152 Å². The lowest BCUT2D eigenvalue weighted by Crippen LogP contribution is -2.15. The molecule has 3 aromatic heterocycles. The number of hydrogen-bond acceptors (Lipinski definition) is 9. The first-order valence-electron chi connectivity index (χ1n) is 24.9. The van der Waals surface area contributed by atoms with Gasteiger partial charge in [-0.05, 0) is 172 Å². The summed E-state index contributed by atoms with van der Waals surface area (Å²) in [6, 6.07) is 27.2. The fourth-order valence-electron chi connectivity index (χ4n) is 9.43. The Hall–Kier alpha value is -7.65. The number of benzene rings is 3. The highest BCUT2D eigenvalue weighted by atomic mass is 16.2. The Morgan fingerprint density at radius 3 is 0.918 bits per heavy atom. The topological polar surface area (TPSA) is 141 Å². The van der Waals surface area contributed by atoms with Crippen LogP contribution in [-0.4, -0.2) is 49.7 Å². The van der Waals surface area contributed by atoms with Crippen molar-refractivity contribution in [3.05, 3.63) is 224 Å². The Morgan fingerprint density at radius 1 is 0.397 bits per heavy atom. The van der Waals surface area contributed by atoms with E-state index in [0.29, 0.717) is 16.7 Å². The van der Waals surface area contributed by atoms with E-state index < -0.39 is 17.8 Å². The molecule has 3 heterocycles. The van der Waals surface area contributed by atoms with Crippen molar-refractivity contribution >= 4 is 40.8 Å². The van der Waals surface area contributed by atoms with Gasteiger partial charge in [-0.25, -0.2) is 0 Å². The molecule has 3 aliphatic rings. The van der Waals surface area contributed by atoms with Gasteiger partial charge in [0, 0.05) is 62.0 Å². The van der Waals surface area contributed by atoms with Gasteiger partial charge in [-0.3, -0.25) is 43.7 Å². The quantitative estimate of drug-likeness (QED) is 0.125. The summed E-state index contributed by atoms with van der Waals surface area (Å²) in [5.74, 6) is -2.19. The van der Waals surface area contributed by atoms with Crippen LogP contribution in [0, 0.1) is 62.3 Å². The SMILES string of the molecule is C=C1CC(=O)C(c2c(C)cc(C)cc2C)C1=O.C=C1CC(=O)C(c2c(C)cc(C)cc2C)C1=O.CC.CC.Cc1cc(C)c(C2C(=O)C/C(=C\c3ccncc3)C2=O)c(C)c1.c1ccncc1.c1ccncc1. The molecule has 0 aliphatic heterocycles. The average molecular weight is 980 g/mol. The van der Waals surface area contributed by atoms with Gasteiger partial charge in [0.2, 0.25) is 0 Å². The molecule has 73 heavy (non-hydrogen) atoms. The Kier molecular flexibility index (Phi) is 23.7. The first-order valence-corrected chi connectivity index (χ1v) is 24.9. The molecule has 9 heteroatoms. The summed E-state index contributed by atoms with van der Waals surface area (Å²) in [6.45, 7) is 33.2. The number of allylic oxidation sites excluding steroid dienone is 3. The van der Waals surface area contributed by atoms with Crippen LogP contribution in [0.25, 0.3) is 6.08 Å². The molecule has 3 aliphatic carbocycles. The van der Waals surface area contributed by atoms with Crippen molar-refractivity contribution in [3.63, 3.8) is 0 Å². The van der Waals surface area contributed by atoms with Crippen LogP contribution >= 0.6 is 0 Å². The number of Topliss-reactive ketones (excluding diaryl/α,β-unsaturated/α-hetero) is 6. The summed E-state index contributed by atoms with van der Waals surface area (Å²) in [7, 11) is 0. The van der Waals surface area contributed by atoms with E-state index in [2.05, 4.69) is 28.1 Å². The number of ketones is 6. The zero-order valence-electron chi connectivity index (χ0n) is 45.2. The Balaban J connectivity index is 0.000000253. The highest BCUT2D eigenvalue weighted by molar-refractivity contribution is 6.25. The standard InChI is InChI=1S/C20H19NO2.2C15H16O2.2C5H5N.2C2H6/c1-12-8-13(2)18(14(3)9-12)19-17(22)11-16(20(19)23)10-15-4-6-21-7-5-15;2*1-8-5-9(2)13(10(3)6-8)14-12(16)7-11(4)15(14)17;2*1-2-4-6-5-3-1;2*1-2/h4-10,19H,11H2,1-3H3;2*5-6,14H,4,7H2,1-3H3;2*1-5H;2*1-2H3/b16-10+;;;;;;. The van der Waals surface area contributed by atoms with Crippen LogP contribution in [0.4, 0.5) is 0 Å². The van der Waals surface area contributed by atoms with E-state index in [-0.39, 0.29) is 54.0 Å². The fourth-order valence-corrected chi connectivity index (χ4v) is 9.43. The zero-order chi connectivity index (χ0) is 54.5. The summed E-state index contributed by atoms with van der Waals surface area (Å²) in [5, 5.41) is 0. The molecule has 3 unspecified atom stereocenters. The molecule has 3 aromatic carbocycles. The third-order valence-electron chi connectivity index (χ3n) is 12.2. The molecule has 3 atom stereocenters. The van der Waals surface area contributed by atoms with E-state index in [4.69, 9.17) is 0 Å². The monoisotopic (exact) mass is 980 g/mol. The molecule has 0 N–H and O–H groups in total. The Labute approximate surface area is 434 Å². The molecular formula is C64H73N3O6. The number of rotatable bonds is 4. The molecule has 6 aromatic rings. The predicted molar refractivity (Wildman–Crippen MR) is 296 cm³/mol. The van der Waals surface area contributed by atoms with E-state index in [1.807, 2.05) is 175 Å². The van der Waals surface area contributed by atoms with Gasteiger partial charge in [-0.15, -0.1) is 0 Å². The lowest BCUT2D eigenvalue weighted by molar-refractivity contribution is -0.124. The molecule has 0 amide bonds.